The first kappa shape index (κ1) is 13.5. The lowest BCUT2D eigenvalue weighted by molar-refractivity contribution is -0.176. The summed E-state index contributed by atoms with van der Waals surface area (Å²) in [6.45, 7) is 0. The van der Waals surface area contributed by atoms with Gasteiger partial charge in [0.15, 0.2) is 0 Å². The molecular formula is C16H16N2O6. The standard InChI is InChI=1S/C16H16N2O6/c19-13-9-5-1-2-6(23-5)10(9)14(20)17(13)18-15(21)11-7-3-4-8(24-7)12(11)16(18)22/h5-12H,1-4H2/t5-,6-,7-,8+,9-,10+,11-,12+/m0/s1. The SMILES string of the molecule is O=C1[C@@H]2[C@H](C(=O)N1N1C(=O)[C@@H]3[C@H](C1=O)[C@H]1CC[C@@H]3O1)[C@@H]1CC[C@@H]2O1. The fraction of sp³-hybridized carbons (Fsp3) is 0.750. The zero-order valence-corrected chi connectivity index (χ0v) is 12.8. The number of carbonyl (C=O) groups excluding carboxylic acids is 4. The van der Waals surface area contributed by atoms with Gasteiger partial charge in [-0.25, -0.2) is 0 Å². The van der Waals surface area contributed by atoms with Crippen LogP contribution in [0.3, 0.4) is 0 Å². The molecule has 4 bridgehead atoms. The van der Waals surface area contributed by atoms with Crippen LogP contribution < -0.4 is 0 Å². The van der Waals surface area contributed by atoms with Gasteiger partial charge >= 0.3 is 0 Å². The summed E-state index contributed by atoms with van der Waals surface area (Å²) < 4.78 is 11.4. The summed E-state index contributed by atoms with van der Waals surface area (Å²) in [7, 11) is 0. The lowest BCUT2D eigenvalue weighted by atomic mass is 9.81. The highest BCUT2D eigenvalue weighted by Gasteiger charge is 2.69. The van der Waals surface area contributed by atoms with Crippen LogP contribution in [0.4, 0.5) is 0 Å². The minimum Gasteiger partial charge on any atom is -0.373 e. The lowest BCUT2D eigenvalue weighted by Gasteiger charge is -2.26. The van der Waals surface area contributed by atoms with E-state index >= 15 is 0 Å². The maximum absolute atomic E-state index is 12.8. The van der Waals surface area contributed by atoms with Gasteiger partial charge in [-0.3, -0.25) is 19.2 Å². The first-order valence-corrected chi connectivity index (χ1v) is 8.64. The molecule has 6 saturated heterocycles. The number of rotatable bonds is 1. The Hall–Kier alpha value is -1.80. The molecular weight excluding hydrogens is 316 g/mol. The molecule has 6 fully saturated rings. The normalized spacial score (nSPS) is 51.3. The molecule has 0 saturated carbocycles. The van der Waals surface area contributed by atoms with Crippen LogP contribution >= 0.6 is 0 Å². The van der Waals surface area contributed by atoms with E-state index in [0.29, 0.717) is 0 Å². The van der Waals surface area contributed by atoms with Gasteiger partial charge in [-0.1, -0.05) is 0 Å². The highest BCUT2D eigenvalue weighted by atomic mass is 16.5. The van der Waals surface area contributed by atoms with Crippen molar-refractivity contribution in [2.75, 3.05) is 0 Å². The Morgan fingerprint density at radius 2 is 0.792 bits per heavy atom. The van der Waals surface area contributed by atoms with Crippen molar-refractivity contribution in [2.24, 2.45) is 23.7 Å². The van der Waals surface area contributed by atoms with Gasteiger partial charge in [0.2, 0.25) is 0 Å². The zero-order valence-electron chi connectivity index (χ0n) is 12.8. The molecule has 6 heterocycles. The van der Waals surface area contributed by atoms with Crippen molar-refractivity contribution >= 4 is 23.6 Å². The number of nitrogens with zero attached hydrogens (tertiary/aromatic N) is 2. The molecule has 0 N–H and O–H groups in total. The molecule has 0 aromatic rings. The monoisotopic (exact) mass is 332 g/mol. The minimum absolute atomic E-state index is 0.256. The first-order valence-electron chi connectivity index (χ1n) is 8.64. The fourth-order valence-electron chi connectivity index (χ4n) is 5.79. The van der Waals surface area contributed by atoms with E-state index in [1.807, 2.05) is 0 Å². The van der Waals surface area contributed by atoms with Crippen LogP contribution in [0.15, 0.2) is 0 Å². The van der Waals surface area contributed by atoms with Gasteiger partial charge in [-0.15, -0.1) is 0 Å². The Kier molecular flexibility index (Phi) is 2.28. The van der Waals surface area contributed by atoms with Crippen LogP contribution in [0.25, 0.3) is 0 Å². The molecule has 0 unspecified atom stereocenters. The Balaban J connectivity index is 1.38. The van der Waals surface area contributed by atoms with Crippen molar-refractivity contribution in [2.45, 2.75) is 50.1 Å². The summed E-state index contributed by atoms with van der Waals surface area (Å²) in [5.74, 6) is -3.95. The second-order valence-corrected chi connectivity index (χ2v) is 7.66. The minimum atomic E-state index is -0.537. The maximum Gasteiger partial charge on any atom is 0.255 e. The van der Waals surface area contributed by atoms with Crippen LogP contribution in [0.2, 0.25) is 0 Å². The average molecular weight is 332 g/mol. The third-order valence-electron chi connectivity index (χ3n) is 6.72. The summed E-state index contributed by atoms with van der Waals surface area (Å²) in [5.41, 5.74) is 0. The predicted octanol–water partition coefficient (Wildman–Crippen LogP) is -0.774. The van der Waals surface area contributed by atoms with Crippen molar-refractivity contribution in [3.05, 3.63) is 0 Å². The molecule has 24 heavy (non-hydrogen) atoms. The quantitative estimate of drug-likeness (QED) is 0.585. The molecule has 8 nitrogen and oxygen atoms in total. The molecule has 6 aliphatic rings. The van der Waals surface area contributed by atoms with Crippen molar-refractivity contribution in [1.29, 1.82) is 0 Å². The van der Waals surface area contributed by atoms with E-state index in [-0.39, 0.29) is 24.4 Å². The van der Waals surface area contributed by atoms with Gasteiger partial charge in [0.25, 0.3) is 23.6 Å². The third-order valence-corrected chi connectivity index (χ3v) is 6.72. The zero-order chi connectivity index (χ0) is 16.3. The summed E-state index contributed by atoms with van der Waals surface area (Å²) in [4.78, 5) is 51.2. The summed E-state index contributed by atoms with van der Waals surface area (Å²) in [6.07, 6.45) is 1.99. The Morgan fingerprint density at radius 3 is 1.04 bits per heavy atom. The Bertz CT molecular complexity index is 605. The molecule has 4 amide bonds. The average Bonchev–Trinajstić information content (AvgIpc) is 3.36. The molecule has 6 aliphatic heterocycles. The van der Waals surface area contributed by atoms with E-state index in [9.17, 15) is 19.2 Å². The van der Waals surface area contributed by atoms with E-state index in [1.54, 1.807) is 0 Å². The number of imide groups is 2. The van der Waals surface area contributed by atoms with Crippen LogP contribution in [0.1, 0.15) is 25.7 Å². The summed E-state index contributed by atoms with van der Waals surface area (Å²) in [5, 5.41) is 1.68. The van der Waals surface area contributed by atoms with Gasteiger partial charge < -0.3 is 9.47 Å². The molecule has 0 radical (unpaired) electrons. The first-order chi connectivity index (χ1) is 11.6. The smallest absolute Gasteiger partial charge is 0.255 e. The highest BCUT2D eigenvalue weighted by molar-refractivity contribution is 6.14. The largest absolute Gasteiger partial charge is 0.373 e. The van der Waals surface area contributed by atoms with Gasteiger partial charge in [0.1, 0.15) is 0 Å². The molecule has 0 spiro atoms. The highest BCUT2D eigenvalue weighted by Crippen LogP contribution is 2.52. The molecule has 6 rings (SSSR count). The summed E-state index contributed by atoms with van der Waals surface area (Å²) in [6, 6.07) is 0. The fourth-order valence-corrected chi connectivity index (χ4v) is 5.79. The van der Waals surface area contributed by atoms with Gasteiger partial charge in [-0.05, 0) is 25.7 Å². The van der Waals surface area contributed by atoms with Gasteiger partial charge in [0.05, 0.1) is 48.1 Å². The van der Waals surface area contributed by atoms with E-state index in [1.165, 1.54) is 0 Å². The molecule has 126 valence electrons. The van der Waals surface area contributed by atoms with Crippen LogP contribution in [-0.4, -0.2) is 58.1 Å². The van der Waals surface area contributed by atoms with E-state index in [2.05, 4.69) is 0 Å². The molecule has 8 heteroatoms. The maximum atomic E-state index is 12.8. The number of amides is 4. The number of fused-ring (bicyclic) bond motifs is 10. The van der Waals surface area contributed by atoms with Crippen LogP contribution in [-0.2, 0) is 28.7 Å². The van der Waals surface area contributed by atoms with Crippen molar-refractivity contribution < 1.29 is 28.7 Å². The number of hydrogen-bond donors (Lipinski definition) is 0. The predicted molar refractivity (Wildman–Crippen MR) is 73.5 cm³/mol. The van der Waals surface area contributed by atoms with E-state index < -0.39 is 47.3 Å². The Labute approximate surface area is 137 Å². The van der Waals surface area contributed by atoms with Crippen molar-refractivity contribution in [1.82, 2.24) is 10.0 Å². The van der Waals surface area contributed by atoms with Crippen molar-refractivity contribution in [3.63, 3.8) is 0 Å². The molecule has 0 aromatic heterocycles. The lowest BCUT2D eigenvalue weighted by Crippen LogP contribution is -2.52. The third kappa shape index (κ3) is 1.28. The van der Waals surface area contributed by atoms with E-state index in [0.717, 1.165) is 35.7 Å². The second-order valence-electron chi connectivity index (χ2n) is 7.66. The number of ether oxygens (including phenoxy) is 2. The number of carbonyl (C=O) groups is 4. The van der Waals surface area contributed by atoms with Crippen molar-refractivity contribution in [3.8, 4) is 0 Å². The van der Waals surface area contributed by atoms with Gasteiger partial charge in [-0.2, -0.15) is 10.0 Å². The Morgan fingerprint density at radius 1 is 0.542 bits per heavy atom. The number of hydrazine groups is 1. The van der Waals surface area contributed by atoms with Crippen LogP contribution in [0.5, 0.6) is 0 Å². The summed E-state index contributed by atoms with van der Waals surface area (Å²) >= 11 is 0. The number of hydrogen-bond acceptors (Lipinski definition) is 6. The second kappa shape index (κ2) is 4.05. The van der Waals surface area contributed by atoms with E-state index in [4.69, 9.17) is 9.47 Å². The molecule has 0 aliphatic carbocycles. The van der Waals surface area contributed by atoms with Crippen LogP contribution in [0, 0.1) is 23.7 Å². The molecule has 8 atom stereocenters. The molecule has 0 aromatic carbocycles. The topological polar surface area (TPSA) is 93.2 Å². The van der Waals surface area contributed by atoms with Gasteiger partial charge in [0, 0.05) is 0 Å².